The van der Waals surface area contributed by atoms with Crippen LogP contribution in [0.4, 0.5) is 15.9 Å². The van der Waals surface area contributed by atoms with E-state index in [1.807, 2.05) is 0 Å². The molecule has 0 bridgehead atoms. The second-order valence-electron chi connectivity index (χ2n) is 4.34. The highest BCUT2D eigenvalue weighted by molar-refractivity contribution is 6.04. The van der Waals surface area contributed by atoms with Gasteiger partial charge in [0.2, 0.25) is 0 Å². The number of hydrogen-bond donors (Lipinski definition) is 2. The van der Waals surface area contributed by atoms with Crippen molar-refractivity contribution in [2.75, 3.05) is 11.1 Å². The number of pyridine rings is 1. The summed E-state index contributed by atoms with van der Waals surface area (Å²) in [6.07, 6.45) is 0. The number of halogens is 1. The number of rotatable bonds is 2. The van der Waals surface area contributed by atoms with Crippen LogP contribution in [0.25, 0.3) is 0 Å². The molecule has 1 amide bonds. The van der Waals surface area contributed by atoms with Gasteiger partial charge in [-0.25, -0.2) is 9.37 Å². The van der Waals surface area contributed by atoms with Gasteiger partial charge in [0.1, 0.15) is 11.6 Å². The number of nitrogen functional groups attached to an aromatic ring is 1. The number of aromatic nitrogens is 1. The van der Waals surface area contributed by atoms with Gasteiger partial charge < -0.3 is 11.1 Å². The molecule has 2 aromatic rings. The smallest absolute Gasteiger partial charge is 0.255 e. The summed E-state index contributed by atoms with van der Waals surface area (Å²) in [6, 6.07) is 7.64. The maximum absolute atomic E-state index is 13.4. The predicted molar refractivity (Wildman–Crippen MR) is 72.5 cm³/mol. The lowest BCUT2D eigenvalue weighted by molar-refractivity contribution is 0.102. The van der Waals surface area contributed by atoms with Crippen molar-refractivity contribution in [3.63, 3.8) is 0 Å². The highest BCUT2D eigenvalue weighted by Gasteiger charge is 2.09. The van der Waals surface area contributed by atoms with Crippen LogP contribution < -0.4 is 11.1 Å². The van der Waals surface area contributed by atoms with E-state index in [0.29, 0.717) is 22.5 Å². The van der Waals surface area contributed by atoms with E-state index >= 15 is 0 Å². The molecule has 0 atom stereocenters. The molecule has 0 radical (unpaired) electrons. The van der Waals surface area contributed by atoms with Gasteiger partial charge in [-0.3, -0.25) is 4.79 Å². The molecule has 0 aliphatic rings. The van der Waals surface area contributed by atoms with Crippen molar-refractivity contribution < 1.29 is 9.18 Å². The Morgan fingerprint density at radius 1 is 1.26 bits per heavy atom. The zero-order valence-electron chi connectivity index (χ0n) is 10.7. The van der Waals surface area contributed by atoms with Crippen molar-refractivity contribution >= 4 is 17.4 Å². The molecule has 19 heavy (non-hydrogen) atoms. The maximum Gasteiger partial charge on any atom is 0.255 e. The third-order valence-corrected chi connectivity index (χ3v) is 2.67. The number of benzene rings is 1. The Balaban J connectivity index is 2.22. The van der Waals surface area contributed by atoms with Gasteiger partial charge in [-0.2, -0.15) is 0 Å². The first-order valence-electron chi connectivity index (χ1n) is 5.77. The van der Waals surface area contributed by atoms with Gasteiger partial charge in [0, 0.05) is 16.9 Å². The van der Waals surface area contributed by atoms with Crippen molar-refractivity contribution in [2.45, 2.75) is 13.8 Å². The van der Waals surface area contributed by atoms with Crippen LogP contribution in [0.1, 0.15) is 21.6 Å². The molecule has 0 saturated heterocycles. The summed E-state index contributed by atoms with van der Waals surface area (Å²) in [4.78, 5) is 16.0. The van der Waals surface area contributed by atoms with Crippen LogP contribution in [0.3, 0.4) is 0 Å². The van der Waals surface area contributed by atoms with Crippen LogP contribution in [0, 0.1) is 19.7 Å². The van der Waals surface area contributed by atoms with Crippen LogP contribution in [0.5, 0.6) is 0 Å². The lowest BCUT2D eigenvalue weighted by atomic mass is 10.2. The number of amides is 1. The summed E-state index contributed by atoms with van der Waals surface area (Å²) in [7, 11) is 0. The van der Waals surface area contributed by atoms with Gasteiger partial charge >= 0.3 is 0 Å². The van der Waals surface area contributed by atoms with Crippen molar-refractivity contribution in [1.29, 1.82) is 0 Å². The van der Waals surface area contributed by atoms with Gasteiger partial charge in [0.05, 0.1) is 0 Å². The number of hydrogen-bond acceptors (Lipinski definition) is 3. The van der Waals surface area contributed by atoms with E-state index in [9.17, 15) is 9.18 Å². The second kappa shape index (κ2) is 5.06. The number of nitrogens with zero attached hydrogens (tertiary/aromatic N) is 1. The molecule has 98 valence electrons. The molecule has 0 aliphatic heterocycles. The van der Waals surface area contributed by atoms with E-state index in [4.69, 9.17) is 5.73 Å². The maximum atomic E-state index is 13.4. The van der Waals surface area contributed by atoms with E-state index in [0.717, 1.165) is 0 Å². The first-order chi connectivity index (χ1) is 8.95. The van der Waals surface area contributed by atoms with Crippen molar-refractivity contribution in [1.82, 2.24) is 4.98 Å². The highest BCUT2D eigenvalue weighted by atomic mass is 19.1. The van der Waals surface area contributed by atoms with Crippen molar-refractivity contribution in [3.8, 4) is 0 Å². The molecule has 0 spiro atoms. The molecule has 4 nitrogen and oxygen atoms in total. The van der Waals surface area contributed by atoms with Gasteiger partial charge in [-0.05, 0) is 43.7 Å². The molecule has 0 saturated carbocycles. The lowest BCUT2D eigenvalue weighted by Crippen LogP contribution is -2.13. The average molecular weight is 259 g/mol. The predicted octanol–water partition coefficient (Wildman–Crippen LogP) is 2.67. The number of anilines is 2. The summed E-state index contributed by atoms with van der Waals surface area (Å²) in [5, 5.41) is 2.62. The Hall–Kier alpha value is -2.43. The number of carbonyl (C=O) groups excluding carboxylic acids is 1. The Bertz CT molecular complexity index is 620. The Morgan fingerprint density at radius 3 is 2.63 bits per heavy atom. The summed E-state index contributed by atoms with van der Waals surface area (Å²) in [5.41, 5.74) is 7.56. The standard InChI is InChI=1S/C14H14FN3O/c1-8-3-4-11(7-12(8)15)18-14(19)10-5-9(2)17-13(16)6-10/h3-7H,1-2H3,(H2,16,17)(H,18,19). The van der Waals surface area contributed by atoms with Crippen LogP contribution in [0.2, 0.25) is 0 Å². The third kappa shape index (κ3) is 3.07. The SMILES string of the molecule is Cc1cc(C(=O)Nc2ccc(C)c(F)c2)cc(N)n1. The number of nitrogens with one attached hydrogen (secondary N) is 1. The first kappa shape index (κ1) is 13.0. The molecule has 1 heterocycles. The summed E-state index contributed by atoms with van der Waals surface area (Å²) in [5.74, 6) is -0.427. The molecule has 0 unspecified atom stereocenters. The highest BCUT2D eigenvalue weighted by Crippen LogP contribution is 2.15. The summed E-state index contributed by atoms with van der Waals surface area (Å²) >= 11 is 0. The minimum atomic E-state index is -0.358. The minimum absolute atomic E-state index is 0.278. The van der Waals surface area contributed by atoms with Crippen molar-refractivity contribution in [3.05, 3.63) is 53.0 Å². The van der Waals surface area contributed by atoms with E-state index in [-0.39, 0.29) is 17.5 Å². The van der Waals surface area contributed by atoms with Gasteiger partial charge in [0.15, 0.2) is 0 Å². The molecule has 0 aliphatic carbocycles. The fourth-order valence-corrected chi connectivity index (χ4v) is 1.70. The molecule has 0 fully saturated rings. The number of nitrogens with two attached hydrogens (primary N) is 1. The van der Waals surface area contributed by atoms with E-state index in [1.54, 1.807) is 32.0 Å². The minimum Gasteiger partial charge on any atom is -0.384 e. The Kier molecular flexibility index (Phi) is 3.46. The van der Waals surface area contributed by atoms with Gasteiger partial charge in [-0.1, -0.05) is 6.07 Å². The third-order valence-electron chi connectivity index (χ3n) is 2.67. The summed E-state index contributed by atoms with van der Waals surface area (Å²) < 4.78 is 13.4. The molecule has 5 heteroatoms. The van der Waals surface area contributed by atoms with Gasteiger partial charge in [-0.15, -0.1) is 0 Å². The zero-order chi connectivity index (χ0) is 14.0. The molecule has 3 N–H and O–H groups in total. The topological polar surface area (TPSA) is 68.0 Å². The molecule has 2 rings (SSSR count). The van der Waals surface area contributed by atoms with E-state index in [1.165, 1.54) is 12.1 Å². The van der Waals surface area contributed by atoms with E-state index in [2.05, 4.69) is 10.3 Å². The molecular formula is C14H14FN3O. The lowest BCUT2D eigenvalue weighted by Gasteiger charge is -2.07. The molecule has 1 aromatic heterocycles. The number of aryl methyl sites for hydroxylation is 2. The normalized spacial score (nSPS) is 10.3. The monoisotopic (exact) mass is 259 g/mol. The van der Waals surface area contributed by atoms with Crippen LogP contribution >= 0.6 is 0 Å². The fraction of sp³-hybridized carbons (Fsp3) is 0.143. The fourth-order valence-electron chi connectivity index (χ4n) is 1.70. The quantitative estimate of drug-likeness (QED) is 0.871. The van der Waals surface area contributed by atoms with Crippen LogP contribution in [-0.2, 0) is 0 Å². The zero-order valence-corrected chi connectivity index (χ0v) is 10.7. The first-order valence-corrected chi connectivity index (χ1v) is 5.77. The summed E-state index contributed by atoms with van der Waals surface area (Å²) in [6.45, 7) is 3.41. The molecule has 1 aromatic carbocycles. The molecular weight excluding hydrogens is 245 g/mol. The van der Waals surface area contributed by atoms with Crippen LogP contribution in [-0.4, -0.2) is 10.9 Å². The average Bonchev–Trinajstić information content (AvgIpc) is 2.32. The Morgan fingerprint density at radius 2 is 2.00 bits per heavy atom. The van der Waals surface area contributed by atoms with Crippen LogP contribution in [0.15, 0.2) is 30.3 Å². The number of carbonyl (C=O) groups is 1. The Labute approximate surface area is 110 Å². The second-order valence-corrected chi connectivity index (χ2v) is 4.34. The largest absolute Gasteiger partial charge is 0.384 e. The van der Waals surface area contributed by atoms with Gasteiger partial charge in [0.25, 0.3) is 5.91 Å². The van der Waals surface area contributed by atoms with Crippen molar-refractivity contribution in [2.24, 2.45) is 0 Å². The van der Waals surface area contributed by atoms with E-state index < -0.39 is 0 Å².